The number of nitrogens with zero attached hydrogens (tertiary/aromatic N) is 2. The Morgan fingerprint density at radius 3 is 2.44 bits per heavy atom. The van der Waals surface area contributed by atoms with Crippen LogP contribution in [0.4, 0.5) is 0 Å². The molecule has 1 saturated heterocycles. The first-order valence-corrected chi connectivity index (χ1v) is 9.47. The minimum atomic E-state index is 0.206. The molecule has 1 amide bonds. The van der Waals surface area contributed by atoms with E-state index < -0.39 is 0 Å². The molecule has 1 heterocycles. The summed E-state index contributed by atoms with van der Waals surface area (Å²) in [6.45, 7) is 4.70. The first-order chi connectivity index (χ1) is 12.3. The largest absolute Gasteiger partial charge is 0.336 e. The highest BCUT2D eigenvalue weighted by Gasteiger charge is 2.23. The molecule has 1 aliphatic heterocycles. The zero-order valence-corrected chi connectivity index (χ0v) is 14.8. The molecular weight excluding hydrogens is 308 g/mol. The molecule has 2 aromatic rings. The van der Waals surface area contributed by atoms with Gasteiger partial charge in [-0.05, 0) is 54.5 Å². The number of piperazine rings is 1. The fraction of sp³-hybridized carbons (Fsp3) is 0.409. The summed E-state index contributed by atoms with van der Waals surface area (Å²) >= 11 is 0. The Labute approximate surface area is 150 Å². The second-order valence-corrected chi connectivity index (χ2v) is 7.21. The first kappa shape index (κ1) is 16.3. The molecule has 2 aliphatic rings. The second-order valence-electron chi connectivity index (χ2n) is 7.21. The van der Waals surface area contributed by atoms with E-state index in [0.29, 0.717) is 0 Å². The minimum absolute atomic E-state index is 0.206. The molecule has 0 atom stereocenters. The molecule has 1 aliphatic carbocycles. The van der Waals surface area contributed by atoms with Gasteiger partial charge in [-0.15, -0.1) is 0 Å². The van der Waals surface area contributed by atoms with Crippen LogP contribution >= 0.6 is 0 Å². The fourth-order valence-corrected chi connectivity index (χ4v) is 3.99. The lowest BCUT2D eigenvalue weighted by Gasteiger charge is -2.34. The van der Waals surface area contributed by atoms with Gasteiger partial charge in [0.25, 0.3) is 5.91 Å². The van der Waals surface area contributed by atoms with Gasteiger partial charge in [0.1, 0.15) is 0 Å². The second kappa shape index (κ2) is 7.40. The van der Waals surface area contributed by atoms with Crippen LogP contribution in [0.25, 0.3) is 0 Å². The Balaban J connectivity index is 1.30. The SMILES string of the molecule is O=C(c1ccc2c(c1)CCC2)N1CCN(CCc2ccccc2)CC1. The molecule has 0 N–H and O–H groups in total. The van der Waals surface area contributed by atoms with Crippen molar-refractivity contribution < 1.29 is 4.79 Å². The molecule has 2 aromatic carbocycles. The number of amides is 1. The van der Waals surface area contributed by atoms with E-state index in [1.54, 1.807) is 0 Å². The van der Waals surface area contributed by atoms with Crippen LogP contribution in [-0.4, -0.2) is 48.4 Å². The predicted octanol–water partition coefficient (Wildman–Crippen LogP) is 3.18. The van der Waals surface area contributed by atoms with Gasteiger partial charge < -0.3 is 4.90 Å². The molecule has 130 valence electrons. The van der Waals surface area contributed by atoms with E-state index in [0.717, 1.165) is 51.1 Å². The summed E-state index contributed by atoms with van der Waals surface area (Å²) in [6.07, 6.45) is 4.61. The third-order valence-electron chi connectivity index (χ3n) is 5.56. The van der Waals surface area contributed by atoms with E-state index in [2.05, 4.69) is 47.4 Å². The molecule has 0 radical (unpaired) electrons. The molecule has 0 spiro atoms. The Morgan fingerprint density at radius 2 is 1.64 bits per heavy atom. The number of carbonyl (C=O) groups excluding carboxylic acids is 1. The number of benzene rings is 2. The summed E-state index contributed by atoms with van der Waals surface area (Å²) < 4.78 is 0. The van der Waals surface area contributed by atoms with E-state index in [-0.39, 0.29) is 5.91 Å². The van der Waals surface area contributed by atoms with E-state index in [1.807, 2.05) is 11.0 Å². The van der Waals surface area contributed by atoms with Crippen molar-refractivity contribution in [3.05, 3.63) is 70.8 Å². The highest BCUT2D eigenvalue weighted by molar-refractivity contribution is 5.94. The van der Waals surface area contributed by atoms with Gasteiger partial charge in [-0.3, -0.25) is 9.69 Å². The van der Waals surface area contributed by atoms with E-state index in [9.17, 15) is 4.79 Å². The van der Waals surface area contributed by atoms with Crippen molar-refractivity contribution in [2.24, 2.45) is 0 Å². The van der Waals surface area contributed by atoms with E-state index in [1.165, 1.54) is 29.5 Å². The number of hydrogen-bond acceptors (Lipinski definition) is 2. The number of fused-ring (bicyclic) bond motifs is 1. The van der Waals surface area contributed by atoms with Crippen molar-refractivity contribution in [2.75, 3.05) is 32.7 Å². The third-order valence-corrected chi connectivity index (χ3v) is 5.56. The standard InChI is InChI=1S/C22H26N2O/c25-22(21-10-9-19-7-4-8-20(19)17-21)24-15-13-23(14-16-24)12-11-18-5-2-1-3-6-18/h1-3,5-6,9-10,17H,4,7-8,11-16H2. The van der Waals surface area contributed by atoms with Gasteiger partial charge in [0.15, 0.2) is 0 Å². The fourth-order valence-electron chi connectivity index (χ4n) is 3.99. The van der Waals surface area contributed by atoms with Crippen molar-refractivity contribution >= 4 is 5.91 Å². The van der Waals surface area contributed by atoms with E-state index >= 15 is 0 Å². The van der Waals surface area contributed by atoms with Crippen LogP contribution in [-0.2, 0) is 19.3 Å². The predicted molar refractivity (Wildman–Crippen MR) is 101 cm³/mol. The molecule has 0 aromatic heterocycles. The number of aryl methyl sites for hydroxylation is 2. The number of rotatable bonds is 4. The van der Waals surface area contributed by atoms with Gasteiger partial charge >= 0.3 is 0 Å². The Hall–Kier alpha value is -2.13. The summed E-state index contributed by atoms with van der Waals surface area (Å²) in [5.41, 5.74) is 5.08. The zero-order valence-electron chi connectivity index (χ0n) is 14.8. The smallest absolute Gasteiger partial charge is 0.253 e. The summed E-state index contributed by atoms with van der Waals surface area (Å²) in [7, 11) is 0. The van der Waals surface area contributed by atoms with E-state index in [4.69, 9.17) is 0 Å². The normalized spacial score (nSPS) is 17.5. The molecular formula is C22H26N2O. The monoisotopic (exact) mass is 334 g/mol. The molecule has 3 heteroatoms. The van der Waals surface area contributed by atoms with Crippen LogP contribution in [0.15, 0.2) is 48.5 Å². The molecule has 25 heavy (non-hydrogen) atoms. The molecule has 1 fully saturated rings. The number of carbonyl (C=O) groups is 1. The molecule has 0 unspecified atom stereocenters. The minimum Gasteiger partial charge on any atom is -0.336 e. The molecule has 0 saturated carbocycles. The third kappa shape index (κ3) is 3.77. The maximum Gasteiger partial charge on any atom is 0.253 e. The maximum atomic E-state index is 12.8. The lowest BCUT2D eigenvalue weighted by atomic mass is 10.1. The van der Waals surface area contributed by atoms with Crippen LogP contribution in [0.1, 0.15) is 33.5 Å². The Kier molecular flexibility index (Phi) is 4.84. The van der Waals surface area contributed by atoms with Crippen LogP contribution < -0.4 is 0 Å². The average Bonchev–Trinajstić information content (AvgIpc) is 3.15. The van der Waals surface area contributed by atoms with Gasteiger partial charge in [0.2, 0.25) is 0 Å². The van der Waals surface area contributed by atoms with Crippen molar-refractivity contribution in [3.8, 4) is 0 Å². The Bertz CT molecular complexity index is 733. The van der Waals surface area contributed by atoms with Gasteiger partial charge in [-0.25, -0.2) is 0 Å². The molecule has 4 rings (SSSR count). The first-order valence-electron chi connectivity index (χ1n) is 9.47. The highest BCUT2D eigenvalue weighted by Crippen LogP contribution is 2.23. The summed E-state index contributed by atoms with van der Waals surface area (Å²) in [4.78, 5) is 17.3. The van der Waals surface area contributed by atoms with Crippen molar-refractivity contribution in [3.63, 3.8) is 0 Å². The molecule has 3 nitrogen and oxygen atoms in total. The van der Waals surface area contributed by atoms with Gasteiger partial charge in [0, 0.05) is 38.3 Å². The van der Waals surface area contributed by atoms with Crippen molar-refractivity contribution in [2.45, 2.75) is 25.7 Å². The lowest BCUT2D eigenvalue weighted by molar-refractivity contribution is 0.0638. The van der Waals surface area contributed by atoms with Gasteiger partial charge in [-0.2, -0.15) is 0 Å². The number of hydrogen-bond donors (Lipinski definition) is 0. The van der Waals surface area contributed by atoms with Gasteiger partial charge in [0.05, 0.1) is 0 Å². The van der Waals surface area contributed by atoms with Crippen LogP contribution in [0.3, 0.4) is 0 Å². The van der Waals surface area contributed by atoms with Gasteiger partial charge in [-0.1, -0.05) is 36.4 Å². The van der Waals surface area contributed by atoms with Crippen molar-refractivity contribution in [1.82, 2.24) is 9.80 Å². The van der Waals surface area contributed by atoms with Crippen LogP contribution in [0.2, 0.25) is 0 Å². The summed E-state index contributed by atoms with van der Waals surface area (Å²) in [5.74, 6) is 0.206. The topological polar surface area (TPSA) is 23.6 Å². The summed E-state index contributed by atoms with van der Waals surface area (Å²) in [5, 5.41) is 0. The van der Waals surface area contributed by atoms with Crippen LogP contribution in [0.5, 0.6) is 0 Å². The average molecular weight is 334 g/mol. The quantitative estimate of drug-likeness (QED) is 0.857. The van der Waals surface area contributed by atoms with Crippen molar-refractivity contribution in [1.29, 1.82) is 0 Å². The molecule has 0 bridgehead atoms. The zero-order chi connectivity index (χ0) is 17.1. The van der Waals surface area contributed by atoms with Crippen LogP contribution in [0, 0.1) is 0 Å². The Morgan fingerprint density at radius 1 is 0.880 bits per heavy atom. The summed E-state index contributed by atoms with van der Waals surface area (Å²) in [6, 6.07) is 16.9. The lowest BCUT2D eigenvalue weighted by Crippen LogP contribution is -2.49. The maximum absolute atomic E-state index is 12.8. The highest BCUT2D eigenvalue weighted by atomic mass is 16.2.